The maximum absolute atomic E-state index is 15.7. The molecule has 4 rings (SSSR count). The van der Waals surface area contributed by atoms with E-state index in [2.05, 4.69) is 36.7 Å². The van der Waals surface area contributed by atoms with E-state index in [-0.39, 0.29) is 34.4 Å². The van der Waals surface area contributed by atoms with E-state index < -0.39 is 35.3 Å². The van der Waals surface area contributed by atoms with E-state index in [1.807, 2.05) is 6.92 Å². The first-order valence-corrected chi connectivity index (χ1v) is 13.4. The SMILES string of the molecule is CC[C@@H](O)CCNC(=O)[C@@H]1N[C@H](CC(C)(C)C)[C@]2(C(=O)Nc3cc(Cl)ccc32)[C@H]1c1cccc(Cl)c1F. The number of hydrogen-bond acceptors (Lipinski definition) is 4. The van der Waals surface area contributed by atoms with Crippen molar-refractivity contribution in [2.45, 2.75) is 76.5 Å². The second kappa shape index (κ2) is 10.5. The summed E-state index contributed by atoms with van der Waals surface area (Å²) >= 11 is 12.5. The van der Waals surface area contributed by atoms with Crippen molar-refractivity contribution in [1.29, 1.82) is 0 Å². The molecular weight excluding hydrogens is 516 g/mol. The van der Waals surface area contributed by atoms with Gasteiger partial charge >= 0.3 is 0 Å². The molecule has 37 heavy (non-hydrogen) atoms. The van der Waals surface area contributed by atoms with Gasteiger partial charge in [-0.1, -0.05) is 69.1 Å². The van der Waals surface area contributed by atoms with Crippen LogP contribution in [0, 0.1) is 11.2 Å². The van der Waals surface area contributed by atoms with E-state index in [9.17, 15) is 14.7 Å². The van der Waals surface area contributed by atoms with Crippen LogP contribution in [-0.2, 0) is 15.0 Å². The van der Waals surface area contributed by atoms with Crippen molar-refractivity contribution in [3.8, 4) is 0 Å². The van der Waals surface area contributed by atoms with Crippen molar-refractivity contribution in [2.24, 2.45) is 5.41 Å². The molecule has 6 nitrogen and oxygen atoms in total. The number of aliphatic hydroxyl groups excluding tert-OH is 1. The summed E-state index contributed by atoms with van der Waals surface area (Å²) in [6.07, 6.45) is 0.975. The van der Waals surface area contributed by atoms with Crippen LogP contribution in [0.4, 0.5) is 10.1 Å². The Hall–Kier alpha value is -2.19. The standard InChI is InChI=1S/C28H34Cl2FN3O3/c1-5-16(35)11-12-32-25(36)24-22(17-7-6-8-19(30)23(17)31)28(21(34-24)14-27(2,3)4)18-10-9-15(29)13-20(18)33-26(28)37/h6-10,13,16,21-22,24,34-35H,5,11-12,14H2,1-4H3,(H,32,36)(H,33,37)/t16-,21-,22+,24-,28+/m1/s1. The Labute approximate surface area is 227 Å². The monoisotopic (exact) mass is 549 g/mol. The summed E-state index contributed by atoms with van der Waals surface area (Å²) in [6.45, 7) is 8.31. The Morgan fingerprint density at radius 1 is 1.24 bits per heavy atom. The number of benzene rings is 2. The molecule has 2 aliphatic heterocycles. The lowest BCUT2D eigenvalue weighted by Crippen LogP contribution is -2.49. The van der Waals surface area contributed by atoms with E-state index in [0.717, 1.165) is 0 Å². The number of halogens is 3. The minimum atomic E-state index is -1.29. The van der Waals surface area contributed by atoms with Crippen LogP contribution in [0.15, 0.2) is 36.4 Å². The lowest BCUT2D eigenvalue weighted by molar-refractivity contribution is -0.124. The van der Waals surface area contributed by atoms with Crippen molar-refractivity contribution in [1.82, 2.24) is 10.6 Å². The number of anilines is 1. The van der Waals surface area contributed by atoms with Crippen LogP contribution in [0.1, 0.15) is 64.0 Å². The van der Waals surface area contributed by atoms with Gasteiger partial charge in [-0.15, -0.1) is 0 Å². The summed E-state index contributed by atoms with van der Waals surface area (Å²) in [5, 5.41) is 19.6. The highest BCUT2D eigenvalue weighted by molar-refractivity contribution is 6.31. The van der Waals surface area contributed by atoms with Gasteiger partial charge in [-0.3, -0.25) is 9.59 Å². The first-order chi connectivity index (χ1) is 17.4. The molecule has 0 bridgehead atoms. The number of aliphatic hydroxyl groups is 1. The molecule has 5 atom stereocenters. The van der Waals surface area contributed by atoms with Crippen LogP contribution >= 0.6 is 23.2 Å². The van der Waals surface area contributed by atoms with E-state index in [4.69, 9.17) is 23.2 Å². The lowest BCUT2D eigenvalue weighted by atomic mass is 9.62. The molecule has 0 aromatic heterocycles. The molecule has 2 amide bonds. The highest BCUT2D eigenvalue weighted by atomic mass is 35.5. The first kappa shape index (κ1) is 27.8. The van der Waals surface area contributed by atoms with Gasteiger partial charge in [-0.05, 0) is 54.0 Å². The third-order valence-electron chi connectivity index (χ3n) is 7.47. The summed E-state index contributed by atoms with van der Waals surface area (Å²) in [6, 6.07) is 8.45. The normalized spacial score (nSPS) is 25.7. The molecule has 2 heterocycles. The smallest absolute Gasteiger partial charge is 0.237 e. The largest absolute Gasteiger partial charge is 0.393 e. The summed E-state index contributed by atoms with van der Waals surface area (Å²) in [4.78, 5) is 27.7. The number of rotatable bonds is 7. The van der Waals surface area contributed by atoms with Gasteiger partial charge in [0.2, 0.25) is 11.8 Å². The average Bonchev–Trinajstić information content (AvgIpc) is 3.29. The van der Waals surface area contributed by atoms with E-state index in [1.165, 1.54) is 6.07 Å². The van der Waals surface area contributed by atoms with Gasteiger partial charge in [0.25, 0.3) is 0 Å². The van der Waals surface area contributed by atoms with Crippen molar-refractivity contribution in [3.63, 3.8) is 0 Å². The Balaban J connectivity index is 1.90. The van der Waals surface area contributed by atoms with Crippen molar-refractivity contribution in [2.75, 3.05) is 11.9 Å². The van der Waals surface area contributed by atoms with Crippen LogP contribution < -0.4 is 16.0 Å². The van der Waals surface area contributed by atoms with E-state index >= 15 is 4.39 Å². The zero-order valence-corrected chi connectivity index (χ0v) is 23.0. The zero-order chi connectivity index (χ0) is 27.1. The predicted molar refractivity (Wildman–Crippen MR) is 145 cm³/mol. The second-order valence-electron chi connectivity index (χ2n) is 11.2. The topological polar surface area (TPSA) is 90.5 Å². The van der Waals surface area contributed by atoms with Gasteiger partial charge in [-0.2, -0.15) is 0 Å². The summed E-state index contributed by atoms with van der Waals surface area (Å²) in [5.74, 6) is -2.22. The maximum Gasteiger partial charge on any atom is 0.237 e. The van der Waals surface area contributed by atoms with Gasteiger partial charge in [0.15, 0.2) is 0 Å². The molecule has 1 saturated heterocycles. The highest BCUT2D eigenvalue weighted by Gasteiger charge is 2.66. The Morgan fingerprint density at radius 2 is 1.97 bits per heavy atom. The minimum absolute atomic E-state index is 0.0770. The Bertz CT molecular complexity index is 1200. The molecule has 0 radical (unpaired) electrons. The quantitative estimate of drug-likeness (QED) is 0.384. The number of fused-ring (bicyclic) bond motifs is 2. The Kier molecular flexibility index (Phi) is 7.92. The van der Waals surface area contributed by atoms with Crippen LogP contribution in [-0.4, -0.2) is 41.7 Å². The Morgan fingerprint density at radius 3 is 2.65 bits per heavy atom. The molecule has 0 aliphatic carbocycles. The molecule has 1 spiro atoms. The van der Waals surface area contributed by atoms with Gasteiger partial charge < -0.3 is 21.1 Å². The van der Waals surface area contributed by atoms with Gasteiger partial charge in [-0.25, -0.2) is 4.39 Å². The average molecular weight is 551 g/mol. The number of nitrogens with one attached hydrogen (secondary N) is 3. The number of hydrogen-bond donors (Lipinski definition) is 4. The van der Waals surface area contributed by atoms with Gasteiger partial charge in [0.05, 0.1) is 17.2 Å². The molecule has 4 N–H and O–H groups in total. The molecule has 0 unspecified atom stereocenters. The fourth-order valence-electron chi connectivity index (χ4n) is 5.83. The minimum Gasteiger partial charge on any atom is -0.393 e. The highest BCUT2D eigenvalue weighted by Crippen LogP contribution is 2.57. The van der Waals surface area contributed by atoms with Crippen LogP contribution in [0.5, 0.6) is 0 Å². The summed E-state index contributed by atoms with van der Waals surface area (Å²) < 4.78 is 15.7. The molecule has 1 fully saturated rings. The fraction of sp³-hybridized carbons (Fsp3) is 0.500. The predicted octanol–water partition coefficient (Wildman–Crippen LogP) is 5.16. The first-order valence-electron chi connectivity index (χ1n) is 12.7. The molecule has 2 aliphatic rings. The van der Waals surface area contributed by atoms with Crippen molar-refractivity contribution >= 4 is 40.7 Å². The lowest BCUT2D eigenvalue weighted by Gasteiger charge is -2.37. The van der Waals surface area contributed by atoms with Crippen LogP contribution in [0.25, 0.3) is 0 Å². The third kappa shape index (κ3) is 5.11. The summed E-state index contributed by atoms with van der Waals surface area (Å²) in [7, 11) is 0. The third-order valence-corrected chi connectivity index (χ3v) is 8.00. The van der Waals surface area contributed by atoms with Gasteiger partial charge in [0.1, 0.15) is 11.2 Å². The molecule has 9 heteroatoms. The van der Waals surface area contributed by atoms with Gasteiger partial charge in [0, 0.05) is 29.2 Å². The van der Waals surface area contributed by atoms with Crippen molar-refractivity contribution in [3.05, 3.63) is 63.4 Å². The van der Waals surface area contributed by atoms with Crippen molar-refractivity contribution < 1.29 is 19.1 Å². The van der Waals surface area contributed by atoms with Crippen LogP contribution in [0.2, 0.25) is 10.0 Å². The summed E-state index contributed by atoms with van der Waals surface area (Å²) in [5.41, 5.74) is -0.0803. The number of carbonyl (C=O) groups excluding carboxylic acids is 2. The number of amides is 2. The molecule has 0 saturated carbocycles. The number of carbonyl (C=O) groups is 2. The maximum atomic E-state index is 15.7. The van der Waals surface area contributed by atoms with E-state index in [0.29, 0.717) is 35.5 Å². The molecular formula is C28H34Cl2FN3O3. The fourth-order valence-corrected chi connectivity index (χ4v) is 6.18. The second-order valence-corrected chi connectivity index (χ2v) is 12.1. The van der Waals surface area contributed by atoms with E-state index in [1.54, 1.807) is 30.3 Å². The zero-order valence-electron chi connectivity index (χ0n) is 21.5. The molecule has 200 valence electrons. The molecule has 2 aromatic rings. The van der Waals surface area contributed by atoms with Crippen LogP contribution in [0.3, 0.4) is 0 Å². The molecule has 2 aromatic carbocycles.